The van der Waals surface area contributed by atoms with Crippen LogP contribution in [0.25, 0.3) is 10.9 Å². The second-order valence-electron chi connectivity index (χ2n) is 7.13. The molecule has 1 atom stereocenters. The molecule has 0 radical (unpaired) electrons. The summed E-state index contributed by atoms with van der Waals surface area (Å²) in [6, 6.07) is 14.5. The van der Waals surface area contributed by atoms with Crippen molar-refractivity contribution in [2.24, 2.45) is 5.73 Å². The lowest BCUT2D eigenvalue weighted by molar-refractivity contribution is 0.394. The molecule has 6 nitrogen and oxygen atoms in total. The summed E-state index contributed by atoms with van der Waals surface area (Å²) in [5.41, 5.74) is 9.27. The van der Waals surface area contributed by atoms with Crippen LogP contribution in [0.2, 0.25) is 0 Å². The van der Waals surface area contributed by atoms with Gasteiger partial charge in [0.15, 0.2) is 0 Å². The number of ether oxygens (including phenoxy) is 1. The lowest BCUT2D eigenvalue weighted by Crippen LogP contribution is -2.33. The van der Waals surface area contributed by atoms with Crippen LogP contribution in [0.3, 0.4) is 0 Å². The van der Waals surface area contributed by atoms with Crippen LogP contribution in [0.4, 0.5) is 0 Å². The first-order chi connectivity index (χ1) is 13.6. The number of fused-ring (bicyclic) bond motifs is 2. The van der Waals surface area contributed by atoms with E-state index in [4.69, 9.17) is 10.5 Å². The molecule has 1 unspecified atom stereocenters. The van der Waals surface area contributed by atoms with Gasteiger partial charge in [0.05, 0.1) is 17.0 Å². The van der Waals surface area contributed by atoms with Gasteiger partial charge in [-0.05, 0) is 42.2 Å². The third-order valence-electron chi connectivity index (χ3n) is 5.58. The lowest BCUT2D eigenvalue weighted by atomic mass is 9.83. The average molecular weight is 371 g/mol. The zero-order chi connectivity index (χ0) is 19.4. The number of nitriles is 1. The van der Waals surface area contributed by atoms with E-state index in [2.05, 4.69) is 6.07 Å². The Labute approximate surface area is 160 Å². The van der Waals surface area contributed by atoms with Crippen molar-refractivity contribution in [3.8, 4) is 17.6 Å². The fourth-order valence-corrected chi connectivity index (χ4v) is 4.36. The average Bonchev–Trinajstić information content (AvgIpc) is 2.71. The Balaban J connectivity index is 1.90. The van der Waals surface area contributed by atoms with Gasteiger partial charge in [-0.25, -0.2) is 0 Å². The number of allylic oxidation sites excluding steroid dienone is 1. The number of aryl methyl sites for hydroxylation is 2. The highest BCUT2D eigenvalue weighted by Gasteiger charge is 2.36. The molecule has 0 fully saturated rings. The molecule has 0 spiro atoms. The van der Waals surface area contributed by atoms with E-state index in [9.17, 15) is 15.2 Å². The first-order valence-electron chi connectivity index (χ1n) is 9.15. The Morgan fingerprint density at radius 3 is 2.75 bits per heavy atom. The predicted molar refractivity (Wildman–Crippen MR) is 104 cm³/mol. The van der Waals surface area contributed by atoms with Gasteiger partial charge in [0.25, 0.3) is 5.56 Å². The number of nitrogens with two attached hydrogens (primary N) is 1. The summed E-state index contributed by atoms with van der Waals surface area (Å²) in [5.74, 6) is -0.0920. The van der Waals surface area contributed by atoms with Crippen molar-refractivity contribution in [3.63, 3.8) is 0 Å². The van der Waals surface area contributed by atoms with Gasteiger partial charge in [0.1, 0.15) is 23.1 Å². The van der Waals surface area contributed by atoms with Crippen LogP contribution >= 0.6 is 0 Å². The molecule has 6 heteroatoms. The van der Waals surface area contributed by atoms with Gasteiger partial charge < -0.3 is 20.1 Å². The molecule has 2 aromatic carbocycles. The van der Waals surface area contributed by atoms with E-state index in [1.54, 1.807) is 16.7 Å². The van der Waals surface area contributed by atoms with Crippen LogP contribution in [0.15, 0.2) is 58.7 Å². The number of aromatic nitrogens is 1. The van der Waals surface area contributed by atoms with Crippen molar-refractivity contribution in [2.75, 3.05) is 0 Å². The van der Waals surface area contributed by atoms with E-state index in [0.717, 1.165) is 29.3 Å². The number of pyridine rings is 1. The van der Waals surface area contributed by atoms with Crippen LogP contribution < -0.4 is 16.0 Å². The van der Waals surface area contributed by atoms with Crippen molar-refractivity contribution in [3.05, 3.63) is 81.0 Å². The second-order valence-corrected chi connectivity index (χ2v) is 7.13. The monoisotopic (exact) mass is 371 g/mol. The first-order valence-corrected chi connectivity index (χ1v) is 9.15. The van der Waals surface area contributed by atoms with Gasteiger partial charge in [-0.15, -0.1) is 0 Å². The predicted octanol–water partition coefficient (Wildman–Crippen LogP) is 2.87. The van der Waals surface area contributed by atoms with E-state index in [-0.39, 0.29) is 22.8 Å². The lowest BCUT2D eigenvalue weighted by Gasteiger charge is -2.30. The van der Waals surface area contributed by atoms with Crippen molar-refractivity contribution in [1.82, 2.24) is 4.57 Å². The SMILES string of the molecule is N#CC1=C(N)Oc2c(c(=O)n3c4c(cccc24)CCC3)C1c1ccc(O)cc1. The van der Waals surface area contributed by atoms with Crippen molar-refractivity contribution in [2.45, 2.75) is 25.3 Å². The fourth-order valence-electron chi connectivity index (χ4n) is 4.36. The Hall–Kier alpha value is -3.72. The molecule has 2 aliphatic rings. The third kappa shape index (κ3) is 2.16. The highest BCUT2D eigenvalue weighted by Crippen LogP contribution is 2.44. The number of rotatable bonds is 1. The molecular weight excluding hydrogens is 354 g/mol. The maximum atomic E-state index is 13.5. The molecule has 28 heavy (non-hydrogen) atoms. The van der Waals surface area contributed by atoms with Crippen LogP contribution in [0, 0.1) is 11.3 Å². The molecule has 3 N–H and O–H groups in total. The van der Waals surface area contributed by atoms with Crippen LogP contribution in [-0.2, 0) is 13.0 Å². The molecular formula is C22H17N3O3. The summed E-state index contributed by atoms with van der Waals surface area (Å²) in [6.07, 6.45) is 1.80. The van der Waals surface area contributed by atoms with Crippen LogP contribution in [-0.4, -0.2) is 9.67 Å². The van der Waals surface area contributed by atoms with Crippen molar-refractivity contribution in [1.29, 1.82) is 5.26 Å². The minimum absolute atomic E-state index is 0.00832. The maximum absolute atomic E-state index is 13.5. The molecule has 2 aliphatic heterocycles. The number of hydrogen-bond donors (Lipinski definition) is 2. The number of benzene rings is 2. The Morgan fingerprint density at radius 1 is 1.21 bits per heavy atom. The standard InChI is InChI=1S/C22H17N3O3/c23-11-16-17(12-6-8-14(26)9-7-12)18-20(28-21(16)24)15-5-1-3-13-4-2-10-25(19(13)15)22(18)27/h1,3,5-9,17,26H,2,4,10,24H2. The van der Waals surface area contributed by atoms with Gasteiger partial charge in [-0.1, -0.05) is 24.3 Å². The molecule has 0 saturated heterocycles. The molecule has 0 amide bonds. The number of hydrogen-bond acceptors (Lipinski definition) is 5. The van der Waals surface area contributed by atoms with E-state index < -0.39 is 5.92 Å². The Kier molecular flexibility index (Phi) is 3.46. The van der Waals surface area contributed by atoms with Gasteiger partial charge in [0, 0.05) is 11.9 Å². The molecule has 3 heterocycles. The zero-order valence-electron chi connectivity index (χ0n) is 15.0. The number of para-hydroxylation sites is 1. The topological polar surface area (TPSA) is 101 Å². The Bertz CT molecular complexity index is 1260. The van der Waals surface area contributed by atoms with Gasteiger partial charge >= 0.3 is 0 Å². The molecule has 1 aromatic heterocycles. The van der Waals surface area contributed by atoms with Crippen LogP contribution in [0.1, 0.15) is 29.0 Å². The summed E-state index contributed by atoms with van der Waals surface area (Å²) < 4.78 is 7.65. The summed E-state index contributed by atoms with van der Waals surface area (Å²) in [7, 11) is 0. The van der Waals surface area contributed by atoms with Crippen molar-refractivity contribution >= 4 is 10.9 Å². The largest absolute Gasteiger partial charge is 0.508 e. The summed E-state index contributed by atoms with van der Waals surface area (Å²) in [6.45, 7) is 0.628. The zero-order valence-corrected chi connectivity index (χ0v) is 15.0. The van der Waals surface area contributed by atoms with Gasteiger partial charge in [-0.3, -0.25) is 4.79 Å². The maximum Gasteiger partial charge on any atom is 0.259 e. The molecule has 0 saturated carbocycles. The fraction of sp³-hybridized carbons (Fsp3) is 0.182. The number of phenolic OH excluding ortho intramolecular Hbond substituents is 1. The second kappa shape index (κ2) is 5.89. The summed E-state index contributed by atoms with van der Waals surface area (Å²) >= 11 is 0. The van der Waals surface area contributed by atoms with E-state index in [0.29, 0.717) is 23.4 Å². The van der Waals surface area contributed by atoms with E-state index in [1.165, 1.54) is 12.1 Å². The van der Waals surface area contributed by atoms with Crippen LogP contribution in [0.5, 0.6) is 11.5 Å². The summed E-state index contributed by atoms with van der Waals surface area (Å²) in [5, 5.41) is 20.2. The molecule has 138 valence electrons. The van der Waals surface area contributed by atoms with E-state index >= 15 is 0 Å². The van der Waals surface area contributed by atoms with Gasteiger partial charge in [0.2, 0.25) is 5.88 Å². The number of aromatic hydroxyl groups is 1. The minimum atomic E-state index is -0.638. The van der Waals surface area contributed by atoms with Crippen molar-refractivity contribution < 1.29 is 9.84 Å². The summed E-state index contributed by atoms with van der Waals surface area (Å²) in [4.78, 5) is 13.5. The number of nitrogens with zero attached hydrogens (tertiary/aromatic N) is 2. The molecule has 0 aliphatic carbocycles. The van der Waals surface area contributed by atoms with E-state index in [1.807, 2.05) is 18.2 Å². The smallest absolute Gasteiger partial charge is 0.259 e. The van der Waals surface area contributed by atoms with Gasteiger partial charge in [-0.2, -0.15) is 5.26 Å². The molecule has 5 rings (SSSR count). The minimum Gasteiger partial charge on any atom is -0.508 e. The Morgan fingerprint density at radius 2 is 2.00 bits per heavy atom. The quantitative estimate of drug-likeness (QED) is 0.685. The molecule has 3 aromatic rings. The highest BCUT2D eigenvalue weighted by atomic mass is 16.5. The molecule has 0 bridgehead atoms. The first kappa shape index (κ1) is 16.5. The normalized spacial score (nSPS) is 17.8. The third-order valence-corrected chi connectivity index (χ3v) is 5.58. The highest BCUT2D eigenvalue weighted by molar-refractivity contribution is 5.90. The number of phenols is 1.